The van der Waals surface area contributed by atoms with Crippen LogP contribution < -0.4 is 24.8 Å². The summed E-state index contributed by atoms with van der Waals surface area (Å²) in [6, 6.07) is 13.5. The smallest absolute Gasteiger partial charge is 0.170 e. The first-order valence-corrected chi connectivity index (χ1v) is 7.97. The Hall–Kier alpha value is -2.47. The van der Waals surface area contributed by atoms with Gasteiger partial charge in [0.05, 0.1) is 27.0 Å². The summed E-state index contributed by atoms with van der Waals surface area (Å²) in [5, 5.41) is 6.88. The molecule has 0 bridgehead atoms. The predicted octanol–water partition coefficient (Wildman–Crippen LogP) is 3.24. The van der Waals surface area contributed by atoms with Crippen molar-refractivity contribution < 1.29 is 14.2 Å². The molecule has 24 heavy (non-hydrogen) atoms. The molecule has 0 saturated heterocycles. The highest BCUT2D eigenvalue weighted by Crippen LogP contribution is 2.23. The number of para-hydroxylation sites is 2. The fourth-order valence-corrected chi connectivity index (χ4v) is 2.46. The number of hydrogen-bond acceptors (Lipinski definition) is 4. The van der Waals surface area contributed by atoms with Crippen LogP contribution in [0.3, 0.4) is 0 Å². The van der Waals surface area contributed by atoms with Crippen molar-refractivity contribution in [2.24, 2.45) is 0 Å². The van der Waals surface area contributed by atoms with E-state index in [1.165, 1.54) is 0 Å². The number of methoxy groups -OCH3 is 3. The first-order valence-electron chi connectivity index (χ1n) is 7.56. The molecule has 0 aromatic heterocycles. The van der Waals surface area contributed by atoms with Crippen molar-refractivity contribution in [3.05, 3.63) is 48.0 Å². The van der Waals surface area contributed by atoms with Gasteiger partial charge in [0.15, 0.2) is 5.11 Å². The summed E-state index contributed by atoms with van der Waals surface area (Å²) < 4.78 is 15.8. The summed E-state index contributed by atoms with van der Waals surface area (Å²) in [5.74, 6) is 2.30. The zero-order chi connectivity index (χ0) is 17.4. The van der Waals surface area contributed by atoms with Gasteiger partial charge in [-0.05, 0) is 48.5 Å². The van der Waals surface area contributed by atoms with Gasteiger partial charge < -0.3 is 24.8 Å². The van der Waals surface area contributed by atoms with Gasteiger partial charge in [0.25, 0.3) is 0 Å². The van der Waals surface area contributed by atoms with Crippen molar-refractivity contribution in [3.63, 3.8) is 0 Å². The molecule has 0 aliphatic rings. The third-order valence-electron chi connectivity index (χ3n) is 3.47. The number of rotatable bonds is 7. The maximum absolute atomic E-state index is 5.33. The predicted molar refractivity (Wildman–Crippen MR) is 100 cm³/mol. The van der Waals surface area contributed by atoms with Crippen molar-refractivity contribution in [2.75, 3.05) is 33.2 Å². The van der Waals surface area contributed by atoms with E-state index in [2.05, 4.69) is 10.6 Å². The minimum atomic E-state index is 0.550. The second kappa shape index (κ2) is 8.98. The number of ether oxygens (including phenoxy) is 3. The number of benzene rings is 2. The number of anilines is 1. The molecule has 128 valence electrons. The van der Waals surface area contributed by atoms with E-state index in [1.807, 2.05) is 42.5 Å². The Bertz CT molecular complexity index is 669. The maximum atomic E-state index is 5.33. The maximum Gasteiger partial charge on any atom is 0.170 e. The second-order valence-electron chi connectivity index (χ2n) is 5.05. The monoisotopic (exact) mass is 346 g/mol. The molecular formula is C18H22N2O3S. The van der Waals surface area contributed by atoms with Crippen molar-refractivity contribution in [1.29, 1.82) is 0 Å². The molecule has 0 atom stereocenters. The van der Waals surface area contributed by atoms with Crippen LogP contribution in [0.25, 0.3) is 0 Å². The van der Waals surface area contributed by atoms with Crippen LogP contribution in [0.5, 0.6) is 17.2 Å². The van der Waals surface area contributed by atoms with Gasteiger partial charge in [-0.15, -0.1) is 0 Å². The molecule has 2 aromatic rings. The molecule has 0 aliphatic heterocycles. The van der Waals surface area contributed by atoms with Gasteiger partial charge in [-0.3, -0.25) is 0 Å². The lowest BCUT2D eigenvalue weighted by molar-refractivity contribution is 0.393. The van der Waals surface area contributed by atoms with Gasteiger partial charge in [-0.25, -0.2) is 0 Å². The standard InChI is InChI=1S/C18H22N2O3S/c1-21-14-10-13(11-15(12-14)22-2)8-9-19-18(24)20-16-6-4-5-7-17(16)23-3/h4-7,10-12H,8-9H2,1-3H3,(H2,19,20,24). The Balaban J connectivity index is 1.88. The van der Waals surface area contributed by atoms with E-state index in [1.54, 1.807) is 21.3 Å². The fourth-order valence-electron chi connectivity index (χ4n) is 2.25. The van der Waals surface area contributed by atoms with E-state index >= 15 is 0 Å². The van der Waals surface area contributed by atoms with Crippen LogP contribution in [0, 0.1) is 0 Å². The fraction of sp³-hybridized carbons (Fsp3) is 0.278. The Morgan fingerprint density at radius 1 is 0.958 bits per heavy atom. The molecule has 0 radical (unpaired) electrons. The van der Waals surface area contributed by atoms with Crippen LogP contribution in [0.1, 0.15) is 5.56 Å². The highest BCUT2D eigenvalue weighted by Gasteiger charge is 2.05. The molecule has 0 fully saturated rings. The molecule has 2 aromatic carbocycles. The number of nitrogens with one attached hydrogen (secondary N) is 2. The largest absolute Gasteiger partial charge is 0.497 e. The normalized spacial score (nSPS) is 9.96. The van der Waals surface area contributed by atoms with Crippen LogP contribution in [0.4, 0.5) is 5.69 Å². The SMILES string of the molecule is COc1cc(CCNC(=S)Nc2ccccc2OC)cc(OC)c1. The minimum Gasteiger partial charge on any atom is -0.497 e. The highest BCUT2D eigenvalue weighted by atomic mass is 32.1. The van der Waals surface area contributed by atoms with Crippen molar-refractivity contribution >= 4 is 23.0 Å². The molecule has 5 nitrogen and oxygen atoms in total. The van der Waals surface area contributed by atoms with Crippen LogP contribution in [0.2, 0.25) is 0 Å². The van der Waals surface area contributed by atoms with E-state index in [9.17, 15) is 0 Å². The molecular weight excluding hydrogens is 324 g/mol. The van der Waals surface area contributed by atoms with Crippen LogP contribution in [0.15, 0.2) is 42.5 Å². The Morgan fingerprint density at radius 3 is 2.25 bits per heavy atom. The van der Waals surface area contributed by atoms with Gasteiger partial charge in [0.1, 0.15) is 17.2 Å². The third kappa shape index (κ3) is 5.03. The van der Waals surface area contributed by atoms with E-state index in [-0.39, 0.29) is 0 Å². The Morgan fingerprint density at radius 2 is 1.62 bits per heavy atom. The lowest BCUT2D eigenvalue weighted by Crippen LogP contribution is -2.30. The lowest BCUT2D eigenvalue weighted by atomic mass is 10.1. The molecule has 2 rings (SSSR count). The molecule has 0 amide bonds. The van der Waals surface area contributed by atoms with E-state index in [4.69, 9.17) is 26.4 Å². The molecule has 0 heterocycles. The average Bonchev–Trinajstić information content (AvgIpc) is 2.61. The molecule has 0 saturated carbocycles. The van der Waals surface area contributed by atoms with Gasteiger partial charge >= 0.3 is 0 Å². The zero-order valence-electron chi connectivity index (χ0n) is 14.1. The quantitative estimate of drug-likeness (QED) is 0.751. The van der Waals surface area contributed by atoms with Crippen LogP contribution >= 0.6 is 12.2 Å². The van der Waals surface area contributed by atoms with Gasteiger partial charge in [-0.2, -0.15) is 0 Å². The molecule has 0 unspecified atom stereocenters. The first-order chi connectivity index (χ1) is 11.7. The van der Waals surface area contributed by atoms with Crippen LogP contribution in [-0.2, 0) is 6.42 Å². The van der Waals surface area contributed by atoms with Crippen molar-refractivity contribution in [3.8, 4) is 17.2 Å². The molecule has 6 heteroatoms. The summed E-state index contributed by atoms with van der Waals surface area (Å²) in [5.41, 5.74) is 1.94. The van der Waals surface area contributed by atoms with Gasteiger partial charge in [-0.1, -0.05) is 12.1 Å². The molecule has 2 N–H and O–H groups in total. The Kier molecular flexibility index (Phi) is 6.69. The minimum absolute atomic E-state index is 0.550. The highest BCUT2D eigenvalue weighted by molar-refractivity contribution is 7.80. The summed E-state index contributed by atoms with van der Waals surface area (Å²) in [6.45, 7) is 0.692. The molecule has 0 spiro atoms. The Labute approximate surface area is 147 Å². The van der Waals surface area contributed by atoms with E-state index in [0.29, 0.717) is 11.7 Å². The summed E-state index contributed by atoms with van der Waals surface area (Å²) in [6.07, 6.45) is 0.793. The summed E-state index contributed by atoms with van der Waals surface area (Å²) in [4.78, 5) is 0. The zero-order valence-corrected chi connectivity index (χ0v) is 14.9. The number of thiocarbonyl (C=S) groups is 1. The molecule has 0 aliphatic carbocycles. The van der Waals surface area contributed by atoms with Crippen molar-refractivity contribution in [2.45, 2.75) is 6.42 Å². The summed E-state index contributed by atoms with van der Waals surface area (Å²) in [7, 11) is 4.92. The number of hydrogen-bond donors (Lipinski definition) is 2. The second-order valence-corrected chi connectivity index (χ2v) is 5.46. The van der Waals surface area contributed by atoms with Crippen molar-refractivity contribution in [1.82, 2.24) is 5.32 Å². The van der Waals surface area contributed by atoms with E-state index in [0.717, 1.165) is 34.9 Å². The third-order valence-corrected chi connectivity index (χ3v) is 3.71. The topological polar surface area (TPSA) is 51.8 Å². The van der Waals surface area contributed by atoms with E-state index < -0.39 is 0 Å². The first kappa shape index (κ1) is 17.9. The summed E-state index contributed by atoms with van der Waals surface area (Å²) >= 11 is 5.33. The average molecular weight is 346 g/mol. The van der Waals surface area contributed by atoms with Gasteiger partial charge in [0, 0.05) is 12.6 Å². The van der Waals surface area contributed by atoms with Crippen LogP contribution in [-0.4, -0.2) is 33.0 Å². The lowest BCUT2D eigenvalue weighted by Gasteiger charge is -2.13. The van der Waals surface area contributed by atoms with Gasteiger partial charge in [0.2, 0.25) is 0 Å².